The van der Waals surface area contributed by atoms with Gasteiger partial charge >= 0.3 is 6.18 Å². The minimum absolute atomic E-state index is 0.0977. The molecule has 1 aromatic heterocycles. The van der Waals surface area contributed by atoms with Crippen molar-refractivity contribution in [3.63, 3.8) is 0 Å². The number of amides is 3. The van der Waals surface area contributed by atoms with Crippen LogP contribution in [0.5, 0.6) is 0 Å². The zero-order valence-electron chi connectivity index (χ0n) is 20.0. The van der Waals surface area contributed by atoms with Gasteiger partial charge in [0.1, 0.15) is 12.4 Å². The van der Waals surface area contributed by atoms with E-state index >= 15 is 0 Å². The fraction of sp³-hybridized carbons (Fsp3) is 0.107. The third kappa shape index (κ3) is 5.73. The van der Waals surface area contributed by atoms with Gasteiger partial charge in [0.15, 0.2) is 0 Å². The molecular formula is C28H19F4N3O3S. The second-order valence-electron chi connectivity index (χ2n) is 8.75. The summed E-state index contributed by atoms with van der Waals surface area (Å²) in [6.07, 6.45) is -1.23. The number of anilines is 1. The Kier molecular flexibility index (Phi) is 7.00. The van der Waals surface area contributed by atoms with E-state index in [2.05, 4.69) is 5.32 Å². The SMILES string of the molecule is O=C(CN1C(=O)S/C(=C\c2cn(Cc3cccc(F)c3)c3ccccc23)C1=O)Nc1cccc(C(F)(F)F)c1. The predicted octanol–water partition coefficient (Wildman–Crippen LogP) is 6.52. The maximum absolute atomic E-state index is 13.7. The van der Waals surface area contributed by atoms with Crippen LogP contribution in [-0.2, 0) is 22.3 Å². The molecule has 3 amide bonds. The number of para-hydroxylation sites is 1. The summed E-state index contributed by atoms with van der Waals surface area (Å²) >= 11 is 0.665. The van der Waals surface area contributed by atoms with Gasteiger partial charge in [-0.25, -0.2) is 4.39 Å². The van der Waals surface area contributed by atoms with Crippen LogP contribution < -0.4 is 5.32 Å². The van der Waals surface area contributed by atoms with Crippen molar-refractivity contribution in [3.05, 3.63) is 106 Å². The Hall–Kier alpha value is -4.38. The Labute approximate surface area is 223 Å². The molecule has 39 heavy (non-hydrogen) atoms. The molecule has 3 aromatic carbocycles. The minimum atomic E-state index is -4.58. The Morgan fingerprint density at radius 1 is 0.974 bits per heavy atom. The summed E-state index contributed by atoms with van der Waals surface area (Å²) in [7, 11) is 0. The summed E-state index contributed by atoms with van der Waals surface area (Å²) < 4.78 is 54.4. The molecule has 0 saturated carbocycles. The van der Waals surface area contributed by atoms with Crippen LogP contribution >= 0.6 is 11.8 Å². The van der Waals surface area contributed by atoms with Crippen LogP contribution in [0.1, 0.15) is 16.7 Å². The minimum Gasteiger partial charge on any atom is -0.342 e. The first-order chi connectivity index (χ1) is 18.6. The summed E-state index contributed by atoms with van der Waals surface area (Å²) in [6.45, 7) is -0.275. The molecule has 0 spiro atoms. The van der Waals surface area contributed by atoms with Crippen molar-refractivity contribution in [1.29, 1.82) is 0 Å². The van der Waals surface area contributed by atoms with Crippen LogP contribution in [0.3, 0.4) is 0 Å². The number of carbonyl (C=O) groups excluding carboxylic acids is 3. The quantitative estimate of drug-likeness (QED) is 0.218. The van der Waals surface area contributed by atoms with Crippen molar-refractivity contribution < 1.29 is 31.9 Å². The van der Waals surface area contributed by atoms with Crippen molar-refractivity contribution in [2.24, 2.45) is 0 Å². The van der Waals surface area contributed by atoms with Gasteiger partial charge < -0.3 is 9.88 Å². The van der Waals surface area contributed by atoms with Gasteiger partial charge in [0.25, 0.3) is 11.1 Å². The smallest absolute Gasteiger partial charge is 0.342 e. The number of imide groups is 1. The normalized spacial score (nSPS) is 15.0. The summed E-state index contributed by atoms with van der Waals surface area (Å²) in [4.78, 5) is 38.9. The van der Waals surface area contributed by atoms with Gasteiger partial charge in [0, 0.05) is 34.9 Å². The van der Waals surface area contributed by atoms with E-state index in [1.807, 2.05) is 28.8 Å². The molecule has 4 aromatic rings. The first-order valence-electron chi connectivity index (χ1n) is 11.6. The van der Waals surface area contributed by atoms with Crippen molar-refractivity contribution in [2.45, 2.75) is 12.7 Å². The van der Waals surface area contributed by atoms with Gasteiger partial charge in [0.05, 0.1) is 10.5 Å². The van der Waals surface area contributed by atoms with Crippen LogP contribution in [0.4, 0.5) is 28.0 Å². The molecule has 5 rings (SSSR count). The lowest BCUT2D eigenvalue weighted by Crippen LogP contribution is -2.36. The van der Waals surface area contributed by atoms with Crippen molar-refractivity contribution in [3.8, 4) is 0 Å². The standard InChI is InChI=1S/C28H19F4N3O3S/c29-20-7-3-5-17(11-20)14-34-15-18(22-9-1-2-10-23(22)34)12-24-26(37)35(27(38)39-24)16-25(36)33-21-8-4-6-19(13-21)28(30,31)32/h1-13,15H,14,16H2,(H,33,36)/b24-12-. The topological polar surface area (TPSA) is 71.4 Å². The third-order valence-corrected chi connectivity index (χ3v) is 6.90. The van der Waals surface area contributed by atoms with Gasteiger partial charge in [-0.05, 0) is 59.8 Å². The van der Waals surface area contributed by atoms with Crippen LogP contribution in [0.15, 0.2) is 83.9 Å². The number of thioether (sulfide) groups is 1. The monoisotopic (exact) mass is 553 g/mol. The lowest BCUT2D eigenvalue weighted by Gasteiger charge is -2.13. The molecule has 0 atom stereocenters. The average molecular weight is 554 g/mol. The first kappa shape index (κ1) is 26.2. The molecule has 1 aliphatic heterocycles. The number of aromatic nitrogens is 1. The number of alkyl halides is 3. The first-order valence-corrected chi connectivity index (χ1v) is 12.4. The molecule has 11 heteroatoms. The maximum Gasteiger partial charge on any atom is 0.416 e. The number of nitrogens with one attached hydrogen (secondary N) is 1. The van der Waals surface area contributed by atoms with Crippen molar-refractivity contribution in [2.75, 3.05) is 11.9 Å². The van der Waals surface area contributed by atoms with Gasteiger partial charge in [-0.1, -0.05) is 36.4 Å². The van der Waals surface area contributed by atoms with E-state index in [0.717, 1.165) is 39.6 Å². The molecule has 198 valence electrons. The number of rotatable bonds is 6. The molecule has 6 nitrogen and oxygen atoms in total. The molecule has 0 unspecified atom stereocenters. The number of hydrogen-bond acceptors (Lipinski definition) is 4. The number of benzene rings is 3. The van der Waals surface area contributed by atoms with E-state index < -0.39 is 35.3 Å². The lowest BCUT2D eigenvalue weighted by atomic mass is 10.1. The van der Waals surface area contributed by atoms with Gasteiger partial charge in [-0.3, -0.25) is 19.3 Å². The molecule has 1 aliphatic rings. The average Bonchev–Trinajstić information content (AvgIpc) is 3.35. The molecular weight excluding hydrogens is 534 g/mol. The van der Waals surface area contributed by atoms with Crippen LogP contribution in [0, 0.1) is 5.82 Å². The molecule has 0 aliphatic carbocycles. The number of fused-ring (bicyclic) bond motifs is 1. The molecule has 1 fully saturated rings. The molecule has 1 saturated heterocycles. The van der Waals surface area contributed by atoms with Gasteiger partial charge in [-0.15, -0.1) is 0 Å². The number of nitrogens with zero attached hydrogens (tertiary/aromatic N) is 2. The molecule has 1 N–H and O–H groups in total. The van der Waals surface area contributed by atoms with E-state index in [4.69, 9.17) is 0 Å². The second-order valence-corrected chi connectivity index (χ2v) is 9.75. The zero-order valence-corrected chi connectivity index (χ0v) is 20.9. The fourth-order valence-electron chi connectivity index (χ4n) is 4.25. The van der Waals surface area contributed by atoms with Gasteiger partial charge in [-0.2, -0.15) is 13.2 Å². The van der Waals surface area contributed by atoms with E-state index in [-0.39, 0.29) is 16.4 Å². The van der Waals surface area contributed by atoms with E-state index in [0.29, 0.717) is 23.9 Å². The van der Waals surface area contributed by atoms with Crippen molar-refractivity contribution >= 4 is 51.5 Å². The Morgan fingerprint density at radius 2 is 1.74 bits per heavy atom. The lowest BCUT2D eigenvalue weighted by molar-refractivity contribution is -0.137. The number of carbonyl (C=O) groups is 3. The Bertz CT molecular complexity index is 1640. The molecule has 2 heterocycles. The highest BCUT2D eigenvalue weighted by Crippen LogP contribution is 2.35. The van der Waals surface area contributed by atoms with E-state index in [1.54, 1.807) is 24.4 Å². The predicted molar refractivity (Wildman–Crippen MR) is 140 cm³/mol. The van der Waals surface area contributed by atoms with Crippen LogP contribution in [0.25, 0.3) is 17.0 Å². The summed E-state index contributed by atoms with van der Waals surface area (Å²) in [6, 6.07) is 17.7. The maximum atomic E-state index is 13.7. The molecule has 0 radical (unpaired) electrons. The van der Waals surface area contributed by atoms with Crippen LogP contribution in [-0.4, -0.2) is 33.1 Å². The second kappa shape index (κ2) is 10.4. The van der Waals surface area contributed by atoms with Crippen molar-refractivity contribution in [1.82, 2.24) is 9.47 Å². The summed E-state index contributed by atoms with van der Waals surface area (Å²) in [5.74, 6) is -1.86. The third-order valence-electron chi connectivity index (χ3n) is 6.00. The van der Waals surface area contributed by atoms with Gasteiger partial charge in [0.2, 0.25) is 5.91 Å². The highest BCUT2D eigenvalue weighted by atomic mass is 32.2. The van der Waals surface area contributed by atoms with E-state index in [1.165, 1.54) is 18.2 Å². The van der Waals surface area contributed by atoms with Crippen LogP contribution in [0.2, 0.25) is 0 Å². The molecule has 0 bridgehead atoms. The highest BCUT2D eigenvalue weighted by molar-refractivity contribution is 8.18. The zero-order chi connectivity index (χ0) is 27.7. The highest BCUT2D eigenvalue weighted by Gasteiger charge is 2.36. The summed E-state index contributed by atoms with van der Waals surface area (Å²) in [5, 5.41) is 2.43. The summed E-state index contributed by atoms with van der Waals surface area (Å²) in [5.41, 5.74) is 1.19. The Balaban J connectivity index is 1.35. The number of hydrogen-bond donors (Lipinski definition) is 1. The Morgan fingerprint density at radius 3 is 2.51 bits per heavy atom. The number of halogens is 4. The van der Waals surface area contributed by atoms with E-state index in [9.17, 15) is 31.9 Å². The fourth-order valence-corrected chi connectivity index (χ4v) is 5.08. The largest absolute Gasteiger partial charge is 0.416 e.